The van der Waals surface area contributed by atoms with E-state index in [1.165, 1.54) is 16.7 Å². The molecular formula is C18H19Cl2F3N2S. The molecule has 2 nitrogen and oxygen atoms in total. The van der Waals surface area contributed by atoms with Gasteiger partial charge < -0.3 is 5.32 Å². The molecule has 26 heavy (non-hydrogen) atoms. The number of hydrogen-bond acceptors (Lipinski definition) is 3. The summed E-state index contributed by atoms with van der Waals surface area (Å²) in [7, 11) is 0. The van der Waals surface area contributed by atoms with Crippen molar-refractivity contribution in [3.05, 3.63) is 59.1 Å². The Morgan fingerprint density at radius 2 is 1.62 bits per heavy atom. The Hall–Kier alpha value is -0.920. The number of alkyl halides is 3. The van der Waals surface area contributed by atoms with Crippen LogP contribution in [0, 0.1) is 0 Å². The molecule has 3 rings (SSSR count). The molecule has 0 unspecified atom stereocenters. The molecule has 1 atom stereocenters. The van der Waals surface area contributed by atoms with E-state index in [-0.39, 0.29) is 12.4 Å². The van der Waals surface area contributed by atoms with Gasteiger partial charge in [0, 0.05) is 41.0 Å². The summed E-state index contributed by atoms with van der Waals surface area (Å²) in [6.45, 7) is 1.90. The number of hydrogen-bond donors (Lipinski definition) is 1. The van der Waals surface area contributed by atoms with Crippen LogP contribution in [0.25, 0.3) is 0 Å². The predicted octanol–water partition coefficient (Wildman–Crippen LogP) is 5.42. The van der Waals surface area contributed by atoms with E-state index in [4.69, 9.17) is 11.6 Å². The highest BCUT2D eigenvalue weighted by Crippen LogP contribution is 2.43. The lowest BCUT2D eigenvalue weighted by Gasteiger charge is -2.36. The maximum atomic E-state index is 13.9. The molecule has 0 spiro atoms. The van der Waals surface area contributed by atoms with Crippen molar-refractivity contribution in [2.45, 2.75) is 22.0 Å². The zero-order chi connectivity index (χ0) is 17.9. The molecule has 1 heterocycles. The first-order valence-electron chi connectivity index (χ1n) is 7.99. The van der Waals surface area contributed by atoms with Gasteiger partial charge in [0.05, 0.1) is 0 Å². The van der Waals surface area contributed by atoms with Gasteiger partial charge in [-0.1, -0.05) is 41.6 Å². The van der Waals surface area contributed by atoms with Gasteiger partial charge >= 0.3 is 6.18 Å². The third-order valence-electron chi connectivity index (χ3n) is 4.08. The van der Waals surface area contributed by atoms with E-state index in [1.807, 2.05) is 12.1 Å². The smallest absolute Gasteiger partial charge is 0.314 e. The van der Waals surface area contributed by atoms with Crippen LogP contribution in [0.4, 0.5) is 13.2 Å². The van der Waals surface area contributed by atoms with Crippen molar-refractivity contribution in [3.63, 3.8) is 0 Å². The zero-order valence-electron chi connectivity index (χ0n) is 13.8. The topological polar surface area (TPSA) is 15.3 Å². The third-order valence-corrected chi connectivity index (χ3v) is 5.43. The van der Waals surface area contributed by atoms with Crippen LogP contribution in [0.2, 0.25) is 5.02 Å². The Kier molecular flexibility index (Phi) is 7.67. The Balaban J connectivity index is 0.00000243. The largest absolute Gasteiger partial charge is 0.408 e. The van der Waals surface area contributed by atoms with Crippen molar-refractivity contribution >= 4 is 35.8 Å². The van der Waals surface area contributed by atoms with Gasteiger partial charge in [-0.3, -0.25) is 4.90 Å². The average molecular weight is 423 g/mol. The normalized spacial score (nSPS) is 16.8. The van der Waals surface area contributed by atoms with E-state index >= 15 is 0 Å². The third kappa shape index (κ3) is 5.30. The summed E-state index contributed by atoms with van der Waals surface area (Å²) in [5.74, 6) is 0. The fraction of sp³-hybridized carbons (Fsp3) is 0.333. The SMILES string of the molecule is Cl.FC(F)(F)[C@@H](c1ccccc1Sc1ccc(Cl)cc1)N1CCNCC1. The average Bonchev–Trinajstić information content (AvgIpc) is 2.58. The Morgan fingerprint density at radius 3 is 2.23 bits per heavy atom. The van der Waals surface area contributed by atoms with Crippen molar-refractivity contribution < 1.29 is 13.2 Å². The van der Waals surface area contributed by atoms with Crippen LogP contribution >= 0.6 is 35.8 Å². The number of rotatable bonds is 4. The molecule has 2 aromatic rings. The summed E-state index contributed by atoms with van der Waals surface area (Å²) < 4.78 is 41.6. The Bertz CT molecular complexity index is 704. The molecule has 1 aliphatic rings. The van der Waals surface area contributed by atoms with Gasteiger partial charge in [-0.15, -0.1) is 12.4 Å². The summed E-state index contributed by atoms with van der Waals surface area (Å²) in [6.07, 6.45) is -4.33. The lowest BCUT2D eigenvalue weighted by molar-refractivity contribution is -0.188. The first-order chi connectivity index (χ1) is 11.9. The van der Waals surface area contributed by atoms with Gasteiger partial charge in [-0.05, 0) is 35.9 Å². The van der Waals surface area contributed by atoms with Crippen molar-refractivity contribution in [1.82, 2.24) is 10.2 Å². The molecule has 0 radical (unpaired) electrons. The highest BCUT2D eigenvalue weighted by Gasteiger charge is 2.45. The van der Waals surface area contributed by atoms with Crippen LogP contribution in [0.15, 0.2) is 58.3 Å². The van der Waals surface area contributed by atoms with E-state index in [2.05, 4.69) is 5.32 Å². The van der Waals surface area contributed by atoms with Crippen LogP contribution < -0.4 is 5.32 Å². The Labute approximate surface area is 166 Å². The maximum absolute atomic E-state index is 13.9. The summed E-state index contributed by atoms with van der Waals surface area (Å²) in [5.41, 5.74) is 0.303. The second-order valence-corrected chi connectivity index (χ2v) is 7.38. The second-order valence-electron chi connectivity index (χ2n) is 5.82. The highest BCUT2D eigenvalue weighted by atomic mass is 35.5. The van der Waals surface area contributed by atoms with Crippen LogP contribution in [0.5, 0.6) is 0 Å². The highest BCUT2D eigenvalue weighted by molar-refractivity contribution is 7.99. The maximum Gasteiger partial charge on any atom is 0.408 e. The summed E-state index contributed by atoms with van der Waals surface area (Å²) >= 11 is 7.22. The fourth-order valence-corrected chi connectivity index (χ4v) is 4.05. The van der Waals surface area contributed by atoms with Gasteiger partial charge in [0.15, 0.2) is 0 Å². The molecule has 0 aliphatic carbocycles. The Morgan fingerprint density at radius 1 is 1.00 bits per heavy atom. The van der Waals surface area contributed by atoms with Crippen LogP contribution in [0.1, 0.15) is 11.6 Å². The second kappa shape index (κ2) is 9.33. The zero-order valence-corrected chi connectivity index (χ0v) is 16.2. The number of halogens is 5. The minimum Gasteiger partial charge on any atom is -0.314 e. The predicted molar refractivity (Wildman–Crippen MR) is 103 cm³/mol. The first kappa shape index (κ1) is 21.4. The van der Waals surface area contributed by atoms with Crippen LogP contribution in [-0.2, 0) is 0 Å². The molecule has 1 saturated heterocycles. The molecular weight excluding hydrogens is 404 g/mol. The van der Waals surface area contributed by atoms with Crippen molar-refractivity contribution in [3.8, 4) is 0 Å². The summed E-state index contributed by atoms with van der Waals surface area (Å²) in [6, 6.07) is 12.3. The van der Waals surface area contributed by atoms with Gasteiger partial charge in [0.2, 0.25) is 0 Å². The van der Waals surface area contributed by atoms with Crippen LogP contribution in [0.3, 0.4) is 0 Å². The molecule has 0 aromatic heterocycles. The summed E-state index contributed by atoms with van der Waals surface area (Å²) in [4.78, 5) is 2.99. The molecule has 2 aromatic carbocycles. The van der Waals surface area contributed by atoms with E-state index in [1.54, 1.807) is 36.4 Å². The fourth-order valence-electron chi connectivity index (χ4n) is 2.95. The monoisotopic (exact) mass is 422 g/mol. The molecule has 1 fully saturated rings. The summed E-state index contributed by atoms with van der Waals surface area (Å²) in [5, 5.41) is 3.71. The van der Waals surface area contributed by atoms with Crippen LogP contribution in [-0.4, -0.2) is 37.3 Å². The minimum atomic E-state index is -4.33. The van der Waals surface area contributed by atoms with E-state index in [0.29, 0.717) is 41.7 Å². The minimum absolute atomic E-state index is 0. The number of piperazine rings is 1. The number of benzene rings is 2. The number of nitrogens with one attached hydrogen (secondary N) is 1. The van der Waals surface area contributed by atoms with Gasteiger partial charge in [-0.2, -0.15) is 13.2 Å². The molecule has 8 heteroatoms. The lowest BCUT2D eigenvalue weighted by Crippen LogP contribution is -2.49. The molecule has 142 valence electrons. The van der Waals surface area contributed by atoms with Gasteiger partial charge in [0.1, 0.15) is 6.04 Å². The van der Waals surface area contributed by atoms with E-state index in [0.717, 1.165) is 4.90 Å². The van der Waals surface area contributed by atoms with Gasteiger partial charge in [0.25, 0.3) is 0 Å². The number of nitrogens with zero attached hydrogens (tertiary/aromatic N) is 1. The van der Waals surface area contributed by atoms with Crippen molar-refractivity contribution in [1.29, 1.82) is 0 Å². The molecule has 0 bridgehead atoms. The molecule has 1 aliphatic heterocycles. The molecule has 0 saturated carbocycles. The van der Waals surface area contributed by atoms with Crippen molar-refractivity contribution in [2.75, 3.05) is 26.2 Å². The van der Waals surface area contributed by atoms with Crippen molar-refractivity contribution in [2.24, 2.45) is 0 Å². The lowest BCUT2D eigenvalue weighted by atomic mass is 10.0. The van der Waals surface area contributed by atoms with E-state index < -0.39 is 12.2 Å². The van der Waals surface area contributed by atoms with Gasteiger partial charge in [-0.25, -0.2) is 0 Å². The first-order valence-corrected chi connectivity index (χ1v) is 9.18. The molecule has 1 N–H and O–H groups in total. The van der Waals surface area contributed by atoms with E-state index in [9.17, 15) is 13.2 Å². The quantitative estimate of drug-likeness (QED) is 0.707. The molecule has 0 amide bonds. The standard InChI is InChI=1S/C18H18ClF3N2S.ClH/c19-13-5-7-14(8-6-13)25-16-4-2-1-3-15(16)17(18(20,21)22)24-11-9-23-10-12-24;/h1-8,17,23H,9-12H2;1H/t17-;/m1./s1.